The topological polar surface area (TPSA) is 66.4 Å². The number of carboxylic acid groups (broad SMARTS) is 1. The van der Waals surface area contributed by atoms with Gasteiger partial charge in [0.2, 0.25) is 5.91 Å². The maximum atomic E-state index is 11.8. The van der Waals surface area contributed by atoms with Crippen molar-refractivity contribution in [3.05, 3.63) is 39.9 Å². The van der Waals surface area contributed by atoms with Crippen LogP contribution < -0.4 is 5.32 Å². The molecule has 21 heavy (non-hydrogen) atoms. The zero-order chi connectivity index (χ0) is 15.8. The quantitative estimate of drug-likeness (QED) is 0.748. The average molecular weight is 330 g/mol. The summed E-state index contributed by atoms with van der Waals surface area (Å²) in [5.74, 6) is -1.26. The first-order valence-corrected chi connectivity index (χ1v) is 7.33. The molecule has 1 unspecified atom stereocenters. The molecular weight excluding hydrogens is 313 g/mol. The van der Waals surface area contributed by atoms with Gasteiger partial charge in [0, 0.05) is 12.1 Å². The van der Waals surface area contributed by atoms with Gasteiger partial charge in [-0.15, -0.1) is 0 Å². The van der Waals surface area contributed by atoms with Gasteiger partial charge in [-0.05, 0) is 30.2 Å². The summed E-state index contributed by atoms with van der Waals surface area (Å²) in [7, 11) is 0. The lowest BCUT2D eigenvalue weighted by Gasteiger charge is -2.14. The van der Waals surface area contributed by atoms with Crippen molar-refractivity contribution < 1.29 is 14.7 Å². The second-order valence-corrected chi connectivity index (χ2v) is 5.41. The first kappa shape index (κ1) is 17.5. The van der Waals surface area contributed by atoms with Crippen molar-refractivity contribution in [3.63, 3.8) is 0 Å². The second kappa shape index (κ2) is 8.70. The summed E-state index contributed by atoms with van der Waals surface area (Å²) in [6, 6.07) is 4.66. The third-order valence-corrected chi connectivity index (χ3v) is 3.51. The van der Waals surface area contributed by atoms with Crippen molar-refractivity contribution in [1.82, 2.24) is 5.32 Å². The molecule has 0 bridgehead atoms. The normalized spacial score (nSPS) is 12.3. The lowest BCUT2D eigenvalue weighted by atomic mass is 10.1. The van der Waals surface area contributed by atoms with Crippen LogP contribution in [-0.2, 0) is 9.59 Å². The SMILES string of the molecule is CCCC(CC(=O)O)NC(=O)/C=C/c1ccc(Cl)c(Cl)c1. The molecule has 0 aliphatic heterocycles. The molecule has 114 valence electrons. The van der Waals surface area contributed by atoms with E-state index in [0.29, 0.717) is 16.5 Å². The van der Waals surface area contributed by atoms with Crippen LogP contribution in [0.1, 0.15) is 31.7 Å². The van der Waals surface area contributed by atoms with Gasteiger partial charge < -0.3 is 10.4 Å². The molecule has 0 saturated heterocycles. The summed E-state index contributed by atoms with van der Waals surface area (Å²) in [5, 5.41) is 12.3. The van der Waals surface area contributed by atoms with Gasteiger partial charge in [-0.1, -0.05) is 42.6 Å². The van der Waals surface area contributed by atoms with E-state index in [9.17, 15) is 9.59 Å². The van der Waals surface area contributed by atoms with Gasteiger partial charge in [-0.3, -0.25) is 9.59 Å². The molecule has 2 N–H and O–H groups in total. The number of carbonyl (C=O) groups is 2. The highest BCUT2D eigenvalue weighted by molar-refractivity contribution is 6.42. The highest BCUT2D eigenvalue weighted by Gasteiger charge is 2.13. The van der Waals surface area contributed by atoms with Crippen LogP contribution in [0.25, 0.3) is 6.08 Å². The Hall–Kier alpha value is -1.52. The first-order valence-electron chi connectivity index (χ1n) is 6.57. The molecule has 0 aromatic heterocycles. The van der Waals surface area contributed by atoms with Crippen LogP contribution in [0, 0.1) is 0 Å². The number of carboxylic acids is 1. The summed E-state index contributed by atoms with van der Waals surface area (Å²) < 4.78 is 0. The van der Waals surface area contributed by atoms with E-state index < -0.39 is 5.97 Å². The van der Waals surface area contributed by atoms with E-state index in [2.05, 4.69) is 5.32 Å². The molecule has 1 aromatic rings. The van der Waals surface area contributed by atoms with Crippen LogP contribution in [0.5, 0.6) is 0 Å². The van der Waals surface area contributed by atoms with Crippen LogP contribution in [0.2, 0.25) is 10.0 Å². The van der Waals surface area contributed by atoms with Crippen LogP contribution in [-0.4, -0.2) is 23.0 Å². The lowest BCUT2D eigenvalue weighted by Crippen LogP contribution is -2.35. The Bertz CT molecular complexity index is 544. The van der Waals surface area contributed by atoms with Crippen molar-refractivity contribution in [2.24, 2.45) is 0 Å². The molecule has 0 fully saturated rings. The van der Waals surface area contributed by atoms with Gasteiger partial charge in [0.25, 0.3) is 0 Å². The maximum absolute atomic E-state index is 11.8. The Balaban J connectivity index is 2.63. The molecule has 0 spiro atoms. The summed E-state index contributed by atoms with van der Waals surface area (Å²) in [4.78, 5) is 22.5. The Morgan fingerprint density at radius 3 is 2.62 bits per heavy atom. The fourth-order valence-electron chi connectivity index (χ4n) is 1.82. The summed E-state index contributed by atoms with van der Waals surface area (Å²) in [6.07, 6.45) is 4.29. The Morgan fingerprint density at radius 2 is 2.05 bits per heavy atom. The van der Waals surface area contributed by atoms with Crippen molar-refractivity contribution in [2.45, 2.75) is 32.2 Å². The largest absolute Gasteiger partial charge is 0.481 e. The van der Waals surface area contributed by atoms with Crippen LogP contribution in [0.15, 0.2) is 24.3 Å². The summed E-state index contributed by atoms with van der Waals surface area (Å²) in [5.41, 5.74) is 0.741. The molecule has 1 aromatic carbocycles. The number of hydrogen-bond acceptors (Lipinski definition) is 2. The smallest absolute Gasteiger partial charge is 0.305 e. The number of carbonyl (C=O) groups excluding carboxylic acids is 1. The highest BCUT2D eigenvalue weighted by Crippen LogP contribution is 2.23. The minimum Gasteiger partial charge on any atom is -0.481 e. The van der Waals surface area contributed by atoms with E-state index in [-0.39, 0.29) is 18.4 Å². The van der Waals surface area contributed by atoms with Crippen molar-refractivity contribution in [3.8, 4) is 0 Å². The predicted molar refractivity (Wildman–Crippen MR) is 84.6 cm³/mol. The molecule has 1 rings (SSSR count). The van der Waals surface area contributed by atoms with E-state index in [1.807, 2.05) is 6.92 Å². The zero-order valence-corrected chi connectivity index (χ0v) is 13.1. The average Bonchev–Trinajstić information content (AvgIpc) is 2.39. The van der Waals surface area contributed by atoms with Gasteiger partial charge in [0.1, 0.15) is 0 Å². The van der Waals surface area contributed by atoms with Crippen molar-refractivity contribution in [1.29, 1.82) is 0 Å². The molecular formula is C15H17Cl2NO3. The van der Waals surface area contributed by atoms with Gasteiger partial charge in [0.15, 0.2) is 0 Å². The van der Waals surface area contributed by atoms with Crippen LogP contribution in [0.3, 0.4) is 0 Å². The van der Waals surface area contributed by atoms with Crippen LogP contribution in [0.4, 0.5) is 0 Å². The summed E-state index contributed by atoms with van der Waals surface area (Å²) >= 11 is 11.7. The molecule has 0 heterocycles. The molecule has 0 aliphatic rings. The van der Waals surface area contributed by atoms with E-state index >= 15 is 0 Å². The third-order valence-electron chi connectivity index (χ3n) is 2.78. The first-order chi connectivity index (χ1) is 9.92. The zero-order valence-electron chi connectivity index (χ0n) is 11.6. The molecule has 0 radical (unpaired) electrons. The van der Waals surface area contributed by atoms with E-state index in [1.165, 1.54) is 6.08 Å². The highest BCUT2D eigenvalue weighted by atomic mass is 35.5. The number of amides is 1. The number of aliphatic carboxylic acids is 1. The molecule has 6 heteroatoms. The predicted octanol–water partition coefficient (Wildman–Crippen LogP) is 3.77. The molecule has 1 amide bonds. The van der Waals surface area contributed by atoms with Crippen molar-refractivity contribution in [2.75, 3.05) is 0 Å². The van der Waals surface area contributed by atoms with E-state index in [4.69, 9.17) is 28.3 Å². The lowest BCUT2D eigenvalue weighted by molar-refractivity contribution is -0.137. The molecule has 0 saturated carbocycles. The van der Waals surface area contributed by atoms with Gasteiger partial charge >= 0.3 is 5.97 Å². The fraction of sp³-hybridized carbons (Fsp3) is 0.333. The minimum atomic E-state index is -0.929. The van der Waals surface area contributed by atoms with Gasteiger partial charge in [-0.2, -0.15) is 0 Å². The minimum absolute atomic E-state index is 0.0831. The second-order valence-electron chi connectivity index (χ2n) is 4.60. The van der Waals surface area contributed by atoms with Crippen LogP contribution >= 0.6 is 23.2 Å². The maximum Gasteiger partial charge on any atom is 0.305 e. The Labute approximate surface area is 133 Å². The van der Waals surface area contributed by atoms with Gasteiger partial charge in [0.05, 0.1) is 16.5 Å². The molecule has 0 aliphatic carbocycles. The number of halogens is 2. The van der Waals surface area contributed by atoms with E-state index in [1.54, 1.807) is 24.3 Å². The Morgan fingerprint density at radius 1 is 1.33 bits per heavy atom. The van der Waals surface area contributed by atoms with E-state index in [0.717, 1.165) is 12.0 Å². The monoisotopic (exact) mass is 329 g/mol. The standard InChI is InChI=1S/C15H17Cl2NO3/c1-2-3-11(9-15(20)21)18-14(19)7-5-10-4-6-12(16)13(17)8-10/h4-8,11H,2-3,9H2,1H3,(H,18,19)(H,20,21)/b7-5+. The number of rotatable bonds is 7. The molecule has 4 nitrogen and oxygen atoms in total. The number of hydrogen-bond donors (Lipinski definition) is 2. The van der Waals surface area contributed by atoms with Crippen molar-refractivity contribution >= 4 is 41.2 Å². The third kappa shape index (κ3) is 6.65. The number of benzene rings is 1. The number of nitrogens with one attached hydrogen (secondary N) is 1. The Kier molecular flexibility index (Phi) is 7.26. The fourth-order valence-corrected chi connectivity index (χ4v) is 2.13. The molecule has 1 atom stereocenters. The van der Waals surface area contributed by atoms with Gasteiger partial charge in [-0.25, -0.2) is 0 Å². The summed E-state index contributed by atoms with van der Waals surface area (Å²) in [6.45, 7) is 1.94.